The molecule has 2 fully saturated rings. The van der Waals surface area contributed by atoms with Crippen molar-refractivity contribution < 1.29 is 9.53 Å². The SMILES string of the molecule is O=C(C1CCCCC1)C1CCCOC1. The molecule has 2 rings (SSSR count). The number of ketones is 1. The lowest BCUT2D eigenvalue weighted by atomic mass is 9.80. The molecule has 1 saturated heterocycles. The van der Waals surface area contributed by atoms with Crippen LogP contribution in [0.25, 0.3) is 0 Å². The lowest BCUT2D eigenvalue weighted by molar-refractivity contribution is -0.131. The fourth-order valence-corrected chi connectivity index (χ4v) is 2.69. The van der Waals surface area contributed by atoms with Crippen LogP contribution in [-0.4, -0.2) is 19.0 Å². The predicted molar refractivity (Wildman–Crippen MR) is 55.1 cm³/mol. The van der Waals surface area contributed by atoms with E-state index in [9.17, 15) is 4.79 Å². The van der Waals surface area contributed by atoms with Crippen LogP contribution in [0, 0.1) is 11.8 Å². The molecular weight excluding hydrogens is 176 g/mol. The van der Waals surface area contributed by atoms with Gasteiger partial charge < -0.3 is 4.74 Å². The second-order valence-electron chi connectivity index (χ2n) is 4.65. The largest absolute Gasteiger partial charge is 0.381 e. The fraction of sp³-hybridized carbons (Fsp3) is 0.917. The minimum absolute atomic E-state index is 0.229. The molecule has 14 heavy (non-hydrogen) atoms. The summed E-state index contributed by atoms with van der Waals surface area (Å²) in [5.74, 6) is 1.10. The third-order valence-corrected chi connectivity index (χ3v) is 3.57. The van der Waals surface area contributed by atoms with Gasteiger partial charge in [0.15, 0.2) is 0 Å². The van der Waals surface area contributed by atoms with Crippen LogP contribution in [0.2, 0.25) is 0 Å². The fourth-order valence-electron chi connectivity index (χ4n) is 2.69. The Kier molecular flexibility index (Phi) is 3.57. The highest BCUT2D eigenvalue weighted by Crippen LogP contribution is 2.29. The van der Waals surface area contributed by atoms with Gasteiger partial charge in [0, 0.05) is 18.4 Å². The monoisotopic (exact) mass is 196 g/mol. The van der Waals surface area contributed by atoms with Crippen molar-refractivity contribution in [3.63, 3.8) is 0 Å². The van der Waals surface area contributed by atoms with E-state index in [0.29, 0.717) is 18.3 Å². The Morgan fingerprint density at radius 1 is 0.929 bits per heavy atom. The Balaban J connectivity index is 1.85. The number of carbonyl (C=O) groups is 1. The number of hydrogen-bond acceptors (Lipinski definition) is 2. The first kappa shape index (κ1) is 10.2. The van der Waals surface area contributed by atoms with E-state index in [1.807, 2.05) is 0 Å². The Labute approximate surface area is 86.0 Å². The highest BCUT2D eigenvalue weighted by molar-refractivity contribution is 5.83. The van der Waals surface area contributed by atoms with Gasteiger partial charge in [0.2, 0.25) is 0 Å². The van der Waals surface area contributed by atoms with Crippen molar-refractivity contribution in [2.75, 3.05) is 13.2 Å². The summed E-state index contributed by atoms with van der Waals surface area (Å²) in [4.78, 5) is 12.1. The molecule has 2 nitrogen and oxygen atoms in total. The standard InChI is InChI=1S/C12H20O2/c13-12(10-5-2-1-3-6-10)11-7-4-8-14-9-11/h10-11H,1-9H2. The van der Waals surface area contributed by atoms with Crippen LogP contribution in [0.5, 0.6) is 0 Å². The van der Waals surface area contributed by atoms with Gasteiger partial charge in [-0.05, 0) is 25.7 Å². The third kappa shape index (κ3) is 2.35. The van der Waals surface area contributed by atoms with Crippen LogP contribution >= 0.6 is 0 Å². The quantitative estimate of drug-likeness (QED) is 0.678. The van der Waals surface area contributed by atoms with E-state index in [1.54, 1.807) is 0 Å². The lowest BCUT2D eigenvalue weighted by Gasteiger charge is -2.27. The number of Topliss-reactive ketones (excluding diaryl/α,β-unsaturated/α-hetero) is 1. The van der Waals surface area contributed by atoms with Crippen LogP contribution in [0.1, 0.15) is 44.9 Å². The summed E-state index contributed by atoms with van der Waals surface area (Å²) in [6.07, 6.45) is 8.24. The van der Waals surface area contributed by atoms with Crippen LogP contribution in [0.15, 0.2) is 0 Å². The highest BCUT2D eigenvalue weighted by atomic mass is 16.5. The van der Waals surface area contributed by atoms with Crippen molar-refractivity contribution in [3.05, 3.63) is 0 Å². The van der Waals surface area contributed by atoms with E-state index < -0.39 is 0 Å². The van der Waals surface area contributed by atoms with Crippen molar-refractivity contribution in [1.29, 1.82) is 0 Å². The zero-order chi connectivity index (χ0) is 9.80. The van der Waals surface area contributed by atoms with Crippen LogP contribution in [0.4, 0.5) is 0 Å². The minimum Gasteiger partial charge on any atom is -0.381 e. The Morgan fingerprint density at radius 3 is 2.29 bits per heavy atom. The third-order valence-electron chi connectivity index (χ3n) is 3.57. The topological polar surface area (TPSA) is 26.3 Å². The van der Waals surface area contributed by atoms with Gasteiger partial charge >= 0.3 is 0 Å². The molecule has 0 radical (unpaired) electrons. The van der Waals surface area contributed by atoms with Crippen molar-refractivity contribution in [2.24, 2.45) is 11.8 Å². The van der Waals surface area contributed by atoms with Crippen molar-refractivity contribution in [3.8, 4) is 0 Å². The van der Waals surface area contributed by atoms with E-state index in [2.05, 4.69) is 0 Å². The maximum absolute atomic E-state index is 12.1. The first-order valence-corrected chi connectivity index (χ1v) is 5.99. The first-order chi connectivity index (χ1) is 6.88. The average Bonchev–Trinajstić information content (AvgIpc) is 2.30. The van der Waals surface area contributed by atoms with Crippen LogP contribution in [0.3, 0.4) is 0 Å². The van der Waals surface area contributed by atoms with Crippen molar-refractivity contribution >= 4 is 5.78 Å². The lowest BCUT2D eigenvalue weighted by Crippen LogP contribution is -2.31. The summed E-state index contributed by atoms with van der Waals surface area (Å²) in [6.45, 7) is 1.55. The minimum atomic E-state index is 0.229. The molecule has 0 spiro atoms. The smallest absolute Gasteiger partial charge is 0.141 e. The van der Waals surface area contributed by atoms with Gasteiger partial charge in [-0.25, -0.2) is 0 Å². The summed E-state index contributed by atoms with van der Waals surface area (Å²) in [7, 11) is 0. The molecule has 2 heteroatoms. The normalized spacial score (nSPS) is 30.1. The highest BCUT2D eigenvalue weighted by Gasteiger charge is 2.29. The molecule has 1 unspecified atom stereocenters. The molecular formula is C12H20O2. The van der Waals surface area contributed by atoms with Gasteiger partial charge in [-0.1, -0.05) is 19.3 Å². The molecule has 0 aromatic carbocycles. The number of hydrogen-bond donors (Lipinski definition) is 0. The number of ether oxygens (including phenoxy) is 1. The van der Waals surface area contributed by atoms with E-state index >= 15 is 0 Å². The molecule has 2 aliphatic rings. The first-order valence-electron chi connectivity index (χ1n) is 5.99. The second kappa shape index (κ2) is 4.92. The molecule has 1 aliphatic carbocycles. The molecule has 1 heterocycles. The van der Waals surface area contributed by atoms with Gasteiger partial charge in [-0.15, -0.1) is 0 Å². The predicted octanol–water partition coefficient (Wildman–Crippen LogP) is 2.56. The molecule has 1 saturated carbocycles. The van der Waals surface area contributed by atoms with Crippen molar-refractivity contribution in [2.45, 2.75) is 44.9 Å². The van der Waals surface area contributed by atoms with Gasteiger partial charge in [0.1, 0.15) is 5.78 Å². The average molecular weight is 196 g/mol. The summed E-state index contributed by atoms with van der Waals surface area (Å²) < 4.78 is 5.37. The molecule has 0 aromatic rings. The van der Waals surface area contributed by atoms with E-state index in [1.165, 1.54) is 19.3 Å². The zero-order valence-electron chi connectivity index (χ0n) is 8.84. The Hall–Kier alpha value is -0.370. The molecule has 80 valence electrons. The molecule has 0 amide bonds. The summed E-state index contributed by atoms with van der Waals surface area (Å²) in [5, 5.41) is 0. The Bertz CT molecular complexity index is 168. The van der Waals surface area contributed by atoms with E-state index in [-0.39, 0.29) is 5.92 Å². The van der Waals surface area contributed by atoms with Crippen molar-refractivity contribution in [1.82, 2.24) is 0 Å². The molecule has 1 aliphatic heterocycles. The summed E-state index contributed by atoms with van der Waals surface area (Å²) >= 11 is 0. The van der Waals surface area contributed by atoms with E-state index in [4.69, 9.17) is 4.74 Å². The van der Waals surface area contributed by atoms with Crippen LogP contribution < -0.4 is 0 Å². The second-order valence-corrected chi connectivity index (χ2v) is 4.65. The molecule has 0 N–H and O–H groups in total. The van der Waals surface area contributed by atoms with Gasteiger partial charge in [-0.2, -0.15) is 0 Å². The number of rotatable bonds is 2. The molecule has 0 bridgehead atoms. The Morgan fingerprint density at radius 2 is 1.64 bits per heavy atom. The van der Waals surface area contributed by atoms with Gasteiger partial charge in [-0.3, -0.25) is 4.79 Å². The zero-order valence-corrected chi connectivity index (χ0v) is 8.84. The molecule has 1 atom stereocenters. The van der Waals surface area contributed by atoms with Gasteiger partial charge in [0.25, 0.3) is 0 Å². The van der Waals surface area contributed by atoms with Crippen LogP contribution in [-0.2, 0) is 9.53 Å². The summed E-state index contributed by atoms with van der Waals surface area (Å²) in [6, 6.07) is 0. The number of carbonyl (C=O) groups excluding carboxylic acids is 1. The summed E-state index contributed by atoms with van der Waals surface area (Å²) in [5.41, 5.74) is 0. The maximum atomic E-state index is 12.1. The van der Waals surface area contributed by atoms with E-state index in [0.717, 1.165) is 32.3 Å². The van der Waals surface area contributed by atoms with Gasteiger partial charge in [0.05, 0.1) is 6.61 Å². The molecule has 0 aromatic heterocycles. The maximum Gasteiger partial charge on any atom is 0.141 e.